The van der Waals surface area contributed by atoms with Crippen LogP contribution in [0.4, 0.5) is 5.69 Å². The van der Waals surface area contributed by atoms with Crippen molar-refractivity contribution < 1.29 is 4.79 Å². The van der Waals surface area contributed by atoms with E-state index in [1.54, 1.807) is 0 Å². The van der Waals surface area contributed by atoms with Gasteiger partial charge in [-0.1, -0.05) is 24.6 Å². The average Bonchev–Trinajstić information content (AvgIpc) is 2.78. The van der Waals surface area contributed by atoms with Crippen molar-refractivity contribution in [3.63, 3.8) is 0 Å². The molecule has 2 aliphatic heterocycles. The van der Waals surface area contributed by atoms with E-state index in [1.165, 1.54) is 12.1 Å². The summed E-state index contributed by atoms with van der Waals surface area (Å²) < 4.78 is 0. The van der Waals surface area contributed by atoms with Gasteiger partial charge in [-0.2, -0.15) is 0 Å². The Bertz CT molecular complexity index is 725. The maximum Gasteiger partial charge on any atom is 0.225 e. The summed E-state index contributed by atoms with van der Waals surface area (Å²) >= 11 is 0. The van der Waals surface area contributed by atoms with Crippen molar-refractivity contribution in [1.82, 2.24) is 20.0 Å². The molecule has 8 heteroatoms. The summed E-state index contributed by atoms with van der Waals surface area (Å²) in [5.74, 6) is 1.75. The number of nitrogens with zero attached hydrogens (tertiary/aromatic N) is 5. The number of nitrogens with one attached hydrogen (secondary N) is 1. The van der Waals surface area contributed by atoms with E-state index < -0.39 is 0 Å². The van der Waals surface area contributed by atoms with Gasteiger partial charge in [0.05, 0.1) is 6.54 Å². The van der Waals surface area contributed by atoms with Crippen LogP contribution in [0.1, 0.15) is 26.2 Å². The second-order valence-corrected chi connectivity index (χ2v) is 8.84. The van der Waals surface area contributed by atoms with Gasteiger partial charge in [-0.05, 0) is 31.9 Å². The molecule has 1 aliphatic carbocycles. The molecule has 0 bridgehead atoms. The molecule has 1 aromatic rings. The molecule has 2 saturated heterocycles. The maximum absolute atomic E-state index is 12.4. The molecule has 178 valence electrons. The third kappa shape index (κ3) is 6.50. The van der Waals surface area contributed by atoms with Crippen LogP contribution in [0.25, 0.3) is 0 Å². The number of hydrogen-bond donors (Lipinski definition) is 1. The Labute approximate surface area is 210 Å². The van der Waals surface area contributed by atoms with Gasteiger partial charge in [-0.3, -0.25) is 14.7 Å². The van der Waals surface area contributed by atoms with Crippen molar-refractivity contribution in [3.05, 3.63) is 30.3 Å². The van der Waals surface area contributed by atoms with Crippen molar-refractivity contribution in [2.75, 3.05) is 76.9 Å². The lowest BCUT2D eigenvalue weighted by atomic mass is 9.84. The van der Waals surface area contributed by atoms with Gasteiger partial charge in [0.15, 0.2) is 5.96 Å². The fourth-order valence-corrected chi connectivity index (χ4v) is 4.64. The number of anilines is 1. The molecular weight excluding hydrogens is 515 g/mol. The number of carbonyl (C=O) groups is 1. The van der Waals surface area contributed by atoms with Gasteiger partial charge in [0.1, 0.15) is 0 Å². The molecule has 0 unspecified atom stereocenters. The van der Waals surface area contributed by atoms with Gasteiger partial charge in [0.2, 0.25) is 5.91 Å². The van der Waals surface area contributed by atoms with Crippen molar-refractivity contribution in [3.8, 4) is 0 Å². The van der Waals surface area contributed by atoms with E-state index in [9.17, 15) is 4.79 Å². The monoisotopic (exact) mass is 554 g/mol. The van der Waals surface area contributed by atoms with Crippen LogP contribution in [0.15, 0.2) is 35.3 Å². The first kappa shape index (κ1) is 25.1. The molecule has 0 aromatic heterocycles. The first-order valence-electron chi connectivity index (χ1n) is 12.1. The first-order valence-corrected chi connectivity index (χ1v) is 12.1. The van der Waals surface area contributed by atoms with Crippen LogP contribution in [-0.4, -0.2) is 98.6 Å². The zero-order valence-electron chi connectivity index (χ0n) is 19.4. The van der Waals surface area contributed by atoms with Crippen molar-refractivity contribution in [1.29, 1.82) is 0 Å². The minimum Gasteiger partial charge on any atom is -0.368 e. The van der Waals surface area contributed by atoms with Gasteiger partial charge >= 0.3 is 0 Å². The molecule has 2 heterocycles. The molecule has 1 N–H and O–H groups in total. The summed E-state index contributed by atoms with van der Waals surface area (Å²) in [7, 11) is 0. The zero-order chi connectivity index (χ0) is 21.5. The van der Waals surface area contributed by atoms with Crippen LogP contribution in [0.3, 0.4) is 0 Å². The minimum atomic E-state index is 0. The van der Waals surface area contributed by atoms with Crippen molar-refractivity contribution in [2.24, 2.45) is 10.9 Å². The van der Waals surface area contributed by atoms with Gasteiger partial charge in [-0.25, -0.2) is 0 Å². The van der Waals surface area contributed by atoms with E-state index in [4.69, 9.17) is 4.99 Å². The molecule has 0 spiro atoms. The summed E-state index contributed by atoms with van der Waals surface area (Å²) in [5.41, 5.74) is 1.30. The lowest BCUT2D eigenvalue weighted by Crippen LogP contribution is -2.53. The zero-order valence-corrected chi connectivity index (χ0v) is 21.7. The molecule has 1 amide bonds. The van der Waals surface area contributed by atoms with Gasteiger partial charge < -0.3 is 20.0 Å². The Morgan fingerprint density at radius 1 is 0.969 bits per heavy atom. The predicted molar refractivity (Wildman–Crippen MR) is 142 cm³/mol. The number of aliphatic imine (C=N–C) groups is 1. The largest absolute Gasteiger partial charge is 0.368 e. The van der Waals surface area contributed by atoms with E-state index >= 15 is 0 Å². The lowest BCUT2D eigenvalue weighted by Gasteiger charge is -2.38. The van der Waals surface area contributed by atoms with Crippen LogP contribution in [-0.2, 0) is 4.79 Å². The summed E-state index contributed by atoms with van der Waals surface area (Å²) in [4.78, 5) is 26.7. The normalized spacial score (nSPS) is 20.5. The van der Waals surface area contributed by atoms with Crippen molar-refractivity contribution >= 4 is 41.5 Å². The minimum absolute atomic E-state index is 0. The Morgan fingerprint density at radius 3 is 2.22 bits per heavy atom. The summed E-state index contributed by atoms with van der Waals surface area (Å²) in [6, 6.07) is 10.7. The number of hydrogen-bond acceptors (Lipinski definition) is 4. The number of carbonyl (C=O) groups excluding carboxylic acids is 1. The number of guanidine groups is 1. The van der Waals surface area contributed by atoms with Crippen LogP contribution >= 0.6 is 24.0 Å². The molecule has 3 aliphatic rings. The number of piperazine rings is 2. The van der Waals surface area contributed by atoms with Crippen LogP contribution in [0.5, 0.6) is 0 Å². The fourth-order valence-electron chi connectivity index (χ4n) is 4.64. The lowest BCUT2D eigenvalue weighted by molar-refractivity contribution is -0.139. The second-order valence-electron chi connectivity index (χ2n) is 8.84. The number of rotatable bonds is 6. The summed E-state index contributed by atoms with van der Waals surface area (Å²) in [5, 5.41) is 3.48. The number of benzene rings is 1. The maximum atomic E-state index is 12.4. The highest BCUT2D eigenvalue weighted by Crippen LogP contribution is 2.28. The highest BCUT2D eigenvalue weighted by atomic mass is 127. The molecule has 3 fully saturated rings. The topological polar surface area (TPSA) is 54.4 Å². The molecule has 4 rings (SSSR count). The number of halogens is 1. The van der Waals surface area contributed by atoms with Gasteiger partial charge in [0, 0.05) is 77.1 Å². The fraction of sp³-hybridized carbons (Fsp3) is 0.667. The average molecular weight is 555 g/mol. The van der Waals surface area contributed by atoms with Crippen LogP contribution in [0.2, 0.25) is 0 Å². The van der Waals surface area contributed by atoms with E-state index in [0.29, 0.717) is 11.8 Å². The molecule has 0 radical (unpaired) electrons. The van der Waals surface area contributed by atoms with Gasteiger partial charge in [-0.15, -0.1) is 24.0 Å². The highest BCUT2D eigenvalue weighted by molar-refractivity contribution is 14.0. The Balaban J connectivity index is 0.00000289. The van der Waals surface area contributed by atoms with Crippen molar-refractivity contribution in [2.45, 2.75) is 26.2 Å². The Kier molecular flexibility index (Phi) is 9.90. The highest BCUT2D eigenvalue weighted by Gasteiger charge is 2.31. The third-order valence-electron chi connectivity index (χ3n) is 6.85. The van der Waals surface area contributed by atoms with E-state index in [2.05, 4.69) is 62.2 Å². The first-order chi connectivity index (χ1) is 15.2. The molecule has 32 heavy (non-hydrogen) atoms. The van der Waals surface area contributed by atoms with Crippen LogP contribution < -0.4 is 10.2 Å². The Morgan fingerprint density at radius 2 is 1.62 bits per heavy atom. The molecule has 7 nitrogen and oxygen atoms in total. The van der Waals surface area contributed by atoms with E-state index in [1.807, 2.05) is 0 Å². The smallest absolute Gasteiger partial charge is 0.225 e. The quantitative estimate of drug-likeness (QED) is 0.333. The standard InChI is InChI=1S/C24H38N6O.HI/c1-2-25-24(30-19-17-28(18-20-30)22-9-4-3-5-10-22)26-11-12-27-13-15-29(16-14-27)23(31)21-7-6-8-21;/h3-5,9-10,21H,2,6-8,11-20H2,1H3,(H,25,26);1H. The number of para-hydroxylation sites is 1. The molecule has 1 saturated carbocycles. The Hall–Kier alpha value is -1.55. The van der Waals surface area contributed by atoms with E-state index in [-0.39, 0.29) is 24.0 Å². The second kappa shape index (κ2) is 12.6. The summed E-state index contributed by atoms with van der Waals surface area (Å²) in [6.07, 6.45) is 3.42. The SMILES string of the molecule is CCNC(=NCCN1CCN(C(=O)C2CCC2)CC1)N1CCN(c2ccccc2)CC1.I. The van der Waals surface area contributed by atoms with Gasteiger partial charge in [0.25, 0.3) is 0 Å². The van der Waals surface area contributed by atoms with Crippen LogP contribution in [0, 0.1) is 5.92 Å². The van der Waals surface area contributed by atoms with E-state index in [0.717, 1.165) is 90.8 Å². The number of amides is 1. The predicted octanol–water partition coefficient (Wildman–Crippen LogP) is 2.34. The summed E-state index contributed by atoms with van der Waals surface area (Å²) in [6.45, 7) is 12.5. The molecular formula is C24H39IN6O. The third-order valence-corrected chi connectivity index (χ3v) is 6.85. The molecule has 0 atom stereocenters. The molecule has 1 aromatic carbocycles.